The van der Waals surface area contributed by atoms with Gasteiger partial charge in [0.05, 0.1) is 5.56 Å². The fraction of sp³-hybridized carbons (Fsp3) is 0.294. The summed E-state index contributed by atoms with van der Waals surface area (Å²) in [5, 5.41) is 3.26. The van der Waals surface area contributed by atoms with Gasteiger partial charge in [-0.15, -0.1) is 0 Å². The van der Waals surface area contributed by atoms with Crippen molar-refractivity contribution in [2.75, 3.05) is 6.54 Å². The molecule has 1 fully saturated rings. The van der Waals surface area contributed by atoms with E-state index in [-0.39, 0.29) is 16.8 Å². The smallest absolute Gasteiger partial charge is 0.133 e. The van der Waals surface area contributed by atoms with Crippen molar-refractivity contribution >= 4 is 0 Å². The zero-order valence-electron chi connectivity index (χ0n) is 11.3. The van der Waals surface area contributed by atoms with Crippen molar-refractivity contribution in [2.24, 2.45) is 0 Å². The molecule has 1 N–H and O–H groups in total. The Morgan fingerprint density at radius 2 is 1.62 bits per heavy atom. The molecule has 4 heteroatoms. The van der Waals surface area contributed by atoms with Crippen LogP contribution in [0.3, 0.4) is 0 Å². The van der Waals surface area contributed by atoms with Gasteiger partial charge in [0.1, 0.15) is 17.5 Å². The van der Waals surface area contributed by atoms with Crippen molar-refractivity contribution in [3.05, 3.63) is 58.9 Å². The maximum absolute atomic E-state index is 14.3. The minimum absolute atomic E-state index is 0.0618. The van der Waals surface area contributed by atoms with Gasteiger partial charge >= 0.3 is 0 Å². The molecule has 108 valence electrons. The molecular weight excluding hydrogens is 275 g/mol. The maximum Gasteiger partial charge on any atom is 0.133 e. The first kappa shape index (κ1) is 12.9. The zero-order valence-corrected chi connectivity index (χ0v) is 11.3. The topological polar surface area (TPSA) is 12.0 Å². The number of hydrogen-bond donors (Lipinski definition) is 1. The summed E-state index contributed by atoms with van der Waals surface area (Å²) in [6.07, 6.45) is 1.85. The van der Waals surface area contributed by atoms with Crippen molar-refractivity contribution in [1.29, 1.82) is 0 Å². The second kappa shape index (κ2) is 4.34. The first-order valence-corrected chi connectivity index (χ1v) is 7.09. The summed E-state index contributed by atoms with van der Waals surface area (Å²) < 4.78 is 42.4. The Balaban J connectivity index is 2.00. The number of rotatable bonds is 1. The summed E-state index contributed by atoms with van der Waals surface area (Å²) in [5.74, 6) is -1.48. The second-order valence-corrected chi connectivity index (χ2v) is 5.93. The van der Waals surface area contributed by atoms with Crippen LogP contribution >= 0.6 is 0 Å². The predicted molar refractivity (Wildman–Crippen MR) is 74.4 cm³/mol. The van der Waals surface area contributed by atoms with Crippen LogP contribution in [0.1, 0.15) is 24.0 Å². The molecule has 1 aliphatic heterocycles. The Morgan fingerprint density at radius 1 is 0.905 bits per heavy atom. The predicted octanol–water partition coefficient (Wildman–Crippen LogP) is 3.91. The monoisotopic (exact) mass is 289 g/mol. The third kappa shape index (κ3) is 1.82. The highest BCUT2D eigenvalue weighted by Gasteiger charge is 2.49. The average Bonchev–Trinajstić information content (AvgIpc) is 3.21. The first-order chi connectivity index (χ1) is 10.1. The van der Waals surface area contributed by atoms with Crippen LogP contribution < -0.4 is 5.32 Å². The van der Waals surface area contributed by atoms with E-state index < -0.39 is 11.6 Å². The third-order valence-electron chi connectivity index (χ3n) is 4.64. The molecule has 1 aliphatic carbocycles. The van der Waals surface area contributed by atoms with Gasteiger partial charge in [-0.1, -0.05) is 12.1 Å². The number of halogens is 3. The molecule has 0 amide bonds. The fourth-order valence-electron chi connectivity index (χ4n) is 3.46. The lowest BCUT2D eigenvalue weighted by Crippen LogP contribution is -2.34. The van der Waals surface area contributed by atoms with Crippen molar-refractivity contribution in [3.63, 3.8) is 0 Å². The SMILES string of the molecule is Fc1cccc(F)c1-c1ccc(F)c2c1CNCC21CC1. The van der Waals surface area contributed by atoms with Gasteiger partial charge in [-0.25, -0.2) is 13.2 Å². The van der Waals surface area contributed by atoms with Crippen molar-refractivity contribution in [3.8, 4) is 11.1 Å². The van der Waals surface area contributed by atoms with E-state index in [0.717, 1.165) is 19.4 Å². The maximum atomic E-state index is 14.3. The molecule has 0 unspecified atom stereocenters. The van der Waals surface area contributed by atoms with Gasteiger partial charge in [0.25, 0.3) is 0 Å². The molecular formula is C17H14F3N. The third-order valence-corrected chi connectivity index (χ3v) is 4.64. The van der Waals surface area contributed by atoms with Crippen LogP contribution in [-0.4, -0.2) is 6.54 Å². The van der Waals surface area contributed by atoms with Crippen LogP contribution in [0.4, 0.5) is 13.2 Å². The first-order valence-electron chi connectivity index (χ1n) is 7.09. The van der Waals surface area contributed by atoms with Crippen molar-refractivity contribution in [2.45, 2.75) is 24.8 Å². The molecule has 4 rings (SSSR count). The molecule has 0 radical (unpaired) electrons. The van der Waals surface area contributed by atoms with E-state index in [0.29, 0.717) is 23.2 Å². The van der Waals surface area contributed by atoms with Gasteiger partial charge in [-0.05, 0) is 42.2 Å². The molecule has 0 atom stereocenters. The summed E-state index contributed by atoms with van der Waals surface area (Å²) in [7, 11) is 0. The summed E-state index contributed by atoms with van der Waals surface area (Å²) in [4.78, 5) is 0. The molecule has 0 saturated heterocycles. The van der Waals surface area contributed by atoms with Gasteiger partial charge in [0.2, 0.25) is 0 Å². The highest BCUT2D eigenvalue weighted by molar-refractivity contribution is 5.71. The lowest BCUT2D eigenvalue weighted by Gasteiger charge is -2.29. The average molecular weight is 289 g/mol. The van der Waals surface area contributed by atoms with Crippen LogP contribution in [0.25, 0.3) is 11.1 Å². The lowest BCUT2D eigenvalue weighted by molar-refractivity contribution is 0.491. The highest BCUT2D eigenvalue weighted by Crippen LogP contribution is 2.53. The van der Waals surface area contributed by atoms with Crippen molar-refractivity contribution < 1.29 is 13.2 Å². The van der Waals surface area contributed by atoms with Gasteiger partial charge in [0.15, 0.2) is 0 Å². The van der Waals surface area contributed by atoms with E-state index in [1.54, 1.807) is 0 Å². The minimum Gasteiger partial charge on any atom is -0.312 e. The number of benzene rings is 2. The Labute approximate surface area is 120 Å². The Morgan fingerprint density at radius 3 is 2.29 bits per heavy atom. The van der Waals surface area contributed by atoms with Crippen LogP contribution in [-0.2, 0) is 12.0 Å². The Hall–Kier alpha value is -1.81. The molecule has 2 aromatic carbocycles. The summed E-state index contributed by atoms with van der Waals surface area (Å²) >= 11 is 0. The molecule has 0 aromatic heterocycles. The summed E-state index contributed by atoms with van der Waals surface area (Å²) in [5.41, 5.74) is 1.58. The molecule has 1 heterocycles. The Kier molecular flexibility index (Phi) is 2.67. The normalized spacial score (nSPS) is 18.6. The number of nitrogens with one attached hydrogen (secondary N) is 1. The molecule has 1 nitrogen and oxygen atoms in total. The van der Waals surface area contributed by atoms with Gasteiger partial charge < -0.3 is 5.32 Å². The Bertz CT molecular complexity index is 715. The number of hydrogen-bond acceptors (Lipinski definition) is 1. The zero-order chi connectivity index (χ0) is 14.6. The van der Waals surface area contributed by atoms with Crippen LogP contribution in [0.5, 0.6) is 0 Å². The standard InChI is InChI=1S/C17H14F3N/c18-12-2-1-3-13(19)15(12)10-4-5-14(20)16-11(10)8-21-9-17(16)6-7-17/h1-5,21H,6-9H2. The number of fused-ring (bicyclic) bond motifs is 2. The van der Waals surface area contributed by atoms with E-state index in [9.17, 15) is 13.2 Å². The second-order valence-electron chi connectivity index (χ2n) is 5.93. The van der Waals surface area contributed by atoms with E-state index in [2.05, 4.69) is 5.32 Å². The lowest BCUT2D eigenvalue weighted by atomic mass is 9.83. The largest absolute Gasteiger partial charge is 0.312 e. The van der Waals surface area contributed by atoms with Crippen LogP contribution in [0, 0.1) is 17.5 Å². The molecule has 0 bridgehead atoms. The highest BCUT2D eigenvalue weighted by atomic mass is 19.1. The van der Waals surface area contributed by atoms with E-state index in [1.807, 2.05) is 0 Å². The quantitative estimate of drug-likeness (QED) is 0.839. The van der Waals surface area contributed by atoms with Gasteiger partial charge in [-0.2, -0.15) is 0 Å². The molecule has 2 aliphatic rings. The molecule has 1 spiro atoms. The molecule has 1 saturated carbocycles. The fourth-order valence-corrected chi connectivity index (χ4v) is 3.46. The minimum atomic E-state index is -0.612. The molecule has 2 aromatic rings. The summed E-state index contributed by atoms with van der Waals surface area (Å²) in [6, 6.07) is 6.63. The van der Waals surface area contributed by atoms with Gasteiger partial charge in [-0.3, -0.25) is 0 Å². The summed E-state index contributed by atoms with van der Waals surface area (Å²) in [6.45, 7) is 1.18. The van der Waals surface area contributed by atoms with Crippen molar-refractivity contribution in [1.82, 2.24) is 5.32 Å². The molecule has 21 heavy (non-hydrogen) atoms. The van der Waals surface area contributed by atoms with E-state index in [1.165, 1.54) is 30.3 Å². The van der Waals surface area contributed by atoms with Crippen LogP contribution in [0.2, 0.25) is 0 Å². The van der Waals surface area contributed by atoms with E-state index >= 15 is 0 Å². The van der Waals surface area contributed by atoms with Gasteiger partial charge in [0, 0.05) is 24.1 Å². The van der Waals surface area contributed by atoms with Crippen LogP contribution in [0.15, 0.2) is 30.3 Å². The van der Waals surface area contributed by atoms with E-state index in [4.69, 9.17) is 0 Å².